The minimum absolute atomic E-state index is 0.0472. The van der Waals surface area contributed by atoms with Gasteiger partial charge in [-0.1, -0.05) is 18.2 Å². The molecule has 2 aromatic rings. The van der Waals surface area contributed by atoms with Gasteiger partial charge in [-0.05, 0) is 24.3 Å². The summed E-state index contributed by atoms with van der Waals surface area (Å²) in [5.41, 5.74) is 1.23. The molecule has 1 aromatic carbocycles. The summed E-state index contributed by atoms with van der Waals surface area (Å²) in [6.07, 6.45) is 4.47. The normalized spacial score (nSPS) is 10.7. The van der Waals surface area contributed by atoms with Gasteiger partial charge in [-0.25, -0.2) is 9.18 Å². The van der Waals surface area contributed by atoms with E-state index in [0.717, 1.165) is 11.8 Å². The maximum atomic E-state index is 13.8. The van der Waals surface area contributed by atoms with Crippen LogP contribution in [0.25, 0.3) is 6.08 Å². The van der Waals surface area contributed by atoms with Crippen LogP contribution in [0.4, 0.5) is 4.39 Å². The summed E-state index contributed by atoms with van der Waals surface area (Å²) in [4.78, 5) is 14.7. The molecule has 108 valence electrons. The number of benzene rings is 1. The molecule has 1 heterocycles. The third kappa shape index (κ3) is 4.42. The Balaban J connectivity index is 2.06. The second kappa shape index (κ2) is 7.19. The van der Waals surface area contributed by atoms with Gasteiger partial charge in [0.1, 0.15) is 0 Å². The lowest BCUT2D eigenvalue weighted by Crippen LogP contribution is -2.05. The quantitative estimate of drug-likeness (QED) is 0.830. The maximum absolute atomic E-state index is 13.8. The van der Waals surface area contributed by atoms with Crippen LogP contribution >= 0.6 is 0 Å². The Hall–Kier alpha value is -2.69. The summed E-state index contributed by atoms with van der Waals surface area (Å²) >= 11 is 0. The molecule has 0 saturated carbocycles. The van der Waals surface area contributed by atoms with Crippen molar-refractivity contribution < 1.29 is 19.0 Å². The van der Waals surface area contributed by atoms with Crippen molar-refractivity contribution in [2.45, 2.75) is 6.42 Å². The van der Waals surface area contributed by atoms with Gasteiger partial charge in [0, 0.05) is 30.0 Å². The third-order valence-electron chi connectivity index (χ3n) is 2.73. The number of hydrogen-bond donors (Lipinski definition) is 1. The van der Waals surface area contributed by atoms with Gasteiger partial charge in [-0.15, -0.1) is 0 Å². The van der Waals surface area contributed by atoms with Crippen LogP contribution in [0.1, 0.15) is 11.3 Å². The number of hydrogen-bond acceptors (Lipinski definition) is 3. The summed E-state index contributed by atoms with van der Waals surface area (Å²) in [5.74, 6) is -1.58. The van der Waals surface area contributed by atoms with Gasteiger partial charge < -0.3 is 9.84 Å². The van der Waals surface area contributed by atoms with Crippen LogP contribution in [0.15, 0.2) is 48.7 Å². The average molecular weight is 287 g/mol. The molecule has 0 radical (unpaired) electrons. The summed E-state index contributed by atoms with van der Waals surface area (Å²) in [7, 11) is 0. The van der Waals surface area contributed by atoms with Gasteiger partial charge in [0.25, 0.3) is 0 Å². The van der Waals surface area contributed by atoms with Crippen LogP contribution in [-0.2, 0) is 11.2 Å². The van der Waals surface area contributed by atoms with Gasteiger partial charge in [0.05, 0.1) is 6.61 Å². The summed E-state index contributed by atoms with van der Waals surface area (Å²) in [5, 5.41) is 8.63. The first-order valence-corrected chi connectivity index (χ1v) is 6.39. The SMILES string of the molecule is O=C(O)/C=C/c1cccc(F)c1OCCc1ccccn1. The highest BCUT2D eigenvalue weighted by atomic mass is 19.1. The molecule has 0 atom stereocenters. The fraction of sp³-hybridized carbons (Fsp3) is 0.125. The first-order chi connectivity index (χ1) is 10.2. The highest BCUT2D eigenvalue weighted by Gasteiger charge is 2.08. The van der Waals surface area contributed by atoms with E-state index in [2.05, 4.69) is 4.98 Å². The number of ether oxygens (including phenoxy) is 1. The molecule has 0 spiro atoms. The van der Waals surface area contributed by atoms with E-state index in [1.807, 2.05) is 18.2 Å². The van der Waals surface area contributed by atoms with E-state index in [1.165, 1.54) is 18.2 Å². The molecule has 0 unspecified atom stereocenters. The van der Waals surface area contributed by atoms with E-state index in [4.69, 9.17) is 9.84 Å². The zero-order valence-corrected chi connectivity index (χ0v) is 11.2. The molecule has 5 heteroatoms. The van der Waals surface area contributed by atoms with Crippen molar-refractivity contribution in [3.05, 3.63) is 65.7 Å². The standard InChI is InChI=1S/C16H14FNO3/c17-14-6-3-4-12(7-8-15(19)20)16(14)21-11-9-13-5-1-2-10-18-13/h1-8,10H,9,11H2,(H,19,20)/b8-7+. The largest absolute Gasteiger partial charge is 0.489 e. The molecule has 0 bridgehead atoms. The van der Waals surface area contributed by atoms with Gasteiger partial charge in [-0.2, -0.15) is 0 Å². The number of carboxylic acid groups (broad SMARTS) is 1. The smallest absolute Gasteiger partial charge is 0.328 e. The molecule has 2 rings (SSSR count). The van der Waals surface area contributed by atoms with Crippen molar-refractivity contribution in [1.29, 1.82) is 0 Å². The predicted molar refractivity (Wildman–Crippen MR) is 76.5 cm³/mol. The fourth-order valence-electron chi connectivity index (χ4n) is 1.77. The van der Waals surface area contributed by atoms with E-state index in [1.54, 1.807) is 12.3 Å². The lowest BCUT2D eigenvalue weighted by molar-refractivity contribution is -0.131. The van der Waals surface area contributed by atoms with E-state index in [9.17, 15) is 9.18 Å². The third-order valence-corrected chi connectivity index (χ3v) is 2.73. The van der Waals surface area contributed by atoms with Crippen LogP contribution < -0.4 is 4.74 Å². The van der Waals surface area contributed by atoms with Crippen LogP contribution in [0.5, 0.6) is 5.75 Å². The molecule has 0 aliphatic heterocycles. The molecule has 0 amide bonds. The first kappa shape index (κ1) is 14.7. The Morgan fingerprint density at radius 2 is 2.14 bits per heavy atom. The van der Waals surface area contributed by atoms with E-state index >= 15 is 0 Å². The number of pyridine rings is 1. The highest BCUT2D eigenvalue weighted by Crippen LogP contribution is 2.24. The van der Waals surface area contributed by atoms with Crippen molar-refractivity contribution in [1.82, 2.24) is 4.98 Å². The molecule has 1 N–H and O–H groups in total. The number of aliphatic carboxylic acids is 1. The number of carboxylic acids is 1. The first-order valence-electron chi connectivity index (χ1n) is 6.39. The molecule has 1 aromatic heterocycles. The van der Waals surface area contributed by atoms with Gasteiger partial charge >= 0.3 is 5.97 Å². The Morgan fingerprint density at radius 1 is 1.29 bits per heavy atom. The molecule has 0 fully saturated rings. The second-order valence-corrected chi connectivity index (χ2v) is 4.25. The van der Waals surface area contributed by atoms with E-state index in [-0.39, 0.29) is 12.4 Å². The molecule has 0 aliphatic carbocycles. The highest BCUT2D eigenvalue weighted by molar-refractivity contribution is 5.85. The number of aromatic nitrogens is 1. The zero-order valence-electron chi connectivity index (χ0n) is 11.2. The molecular formula is C16H14FNO3. The Bertz CT molecular complexity index is 641. The van der Waals surface area contributed by atoms with Gasteiger partial charge in [-0.3, -0.25) is 4.98 Å². The Morgan fingerprint density at radius 3 is 2.86 bits per heavy atom. The average Bonchev–Trinajstić information content (AvgIpc) is 2.48. The number of halogens is 1. The fourth-order valence-corrected chi connectivity index (χ4v) is 1.77. The maximum Gasteiger partial charge on any atom is 0.328 e. The van der Waals surface area contributed by atoms with E-state index in [0.29, 0.717) is 12.0 Å². The molecule has 4 nitrogen and oxygen atoms in total. The minimum atomic E-state index is -1.10. The molecule has 0 aliphatic rings. The summed E-state index contributed by atoms with van der Waals surface area (Å²) < 4.78 is 19.2. The predicted octanol–water partition coefficient (Wildman–Crippen LogP) is 2.94. The van der Waals surface area contributed by atoms with Crippen molar-refractivity contribution in [3.8, 4) is 5.75 Å². The topological polar surface area (TPSA) is 59.4 Å². The molecular weight excluding hydrogens is 273 g/mol. The second-order valence-electron chi connectivity index (χ2n) is 4.25. The van der Waals surface area contributed by atoms with Crippen molar-refractivity contribution >= 4 is 12.0 Å². The van der Waals surface area contributed by atoms with Crippen LogP contribution in [-0.4, -0.2) is 22.7 Å². The van der Waals surface area contributed by atoms with Crippen LogP contribution in [0, 0.1) is 5.82 Å². The van der Waals surface area contributed by atoms with Gasteiger partial charge in [0.15, 0.2) is 11.6 Å². The lowest BCUT2D eigenvalue weighted by atomic mass is 10.1. The lowest BCUT2D eigenvalue weighted by Gasteiger charge is -2.10. The zero-order chi connectivity index (χ0) is 15.1. The van der Waals surface area contributed by atoms with Crippen molar-refractivity contribution in [3.63, 3.8) is 0 Å². The molecule has 21 heavy (non-hydrogen) atoms. The number of rotatable bonds is 6. The van der Waals surface area contributed by atoms with E-state index < -0.39 is 11.8 Å². The number of carbonyl (C=O) groups is 1. The van der Waals surface area contributed by atoms with Crippen LogP contribution in [0.2, 0.25) is 0 Å². The van der Waals surface area contributed by atoms with Crippen LogP contribution in [0.3, 0.4) is 0 Å². The molecule has 0 saturated heterocycles. The summed E-state index contributed by atoms with van der Waals surface area (Å²) in [6.45, 7) is 0.256. The number of para-hydroxylation sites is 1. The van der Waals surface area contributed by atoms with Crippen molar-refractivity contribution in [2.24, 2.45) is 0 Å². The Kier molecular flexibility index (Phi) is 5.04. The Labute approximate surface area is 121 Å². The number of nitrogens with zero attached hydrogens (tertiary/aromatic N) is 1. The monoisotopic (exact) mass is 287 g/mol. The summed E-state index contributed by atoms with van der Waals surface area (Å²) in [6, 6.07) is 9.91. The van der Waals surface area contributed by atoms with Crippen molar-refractivity contribution in [2.75, 3.05) is 6.61 Å². The van der Waals surface area contributed by atoms with Gasteiger partial charge in [0.2, 0.25) is 0 Å². The minimum Gasteiger partial charge on any atom is -0.489 e.